The van der Waals surface area contributed by atoms with E-state index in [2.05, 4.69) is 26.8 Å². The normalized spacial score (nSPS) is 22.9. The van der Waals surface area contributed by atoms with E-state index in [1.807, 2.05) is 6.92 Å². The van der Waals surface area contributed by atoms with Gasteiger partial charge in [-0.15, -0.1) is 0 Å². The number of piperidine rings is 1. The fourth-order valence-corrected chi connectivity index (χ4v) is 2.39. The second kappa shape index (κ2) is 7.04. The van der Waals surface area contributed by atoms with Gasteiger partial charge in [-0.3, -0.25) is 0 Å². The lowest BCUT2D eigenvalue weighted by molar-refractivity contribution is 0.0494. The van der Waals surface area contributed by atoms with Crippen LogP contribution in [0.2, 0.25) is 5.28 Å². The Hall–Kier alpha value is -1.14. The molecule has 2 heterocycles. The highest BCUT2D eigenvalue weighted by Gasteiger charge is 2.28. The van der Waals surface area contributed by atoms with Crippen LogP contribution in [0.4, 0.5) is 5.95 Å². The first-order valence-electron chi connectivity index (χ1n) is 6.96. The van der Waals surface area contributed by atoms with Crippen molar-refractivity contribution in [3.05, 3.63) is 5.28 Å². The van der Waals surface area contributed by atoms with Crippen LogP contribution in [-0.2, 0) is 4.74 Å². The van der Waals surface area contributed by atoms with E-state index in [-0.39, 0.29) is 17.4 Å². The molecule has 0 saturated carbocycles. The van der Waals surface area contributed by atoms with Gasteiger partial charge in [-0.25, -0.2) is 0 Å². The third-order valence-corrected chi connectivity index (χ3v) is 3.66. The smallest absolute Gasteiger partial charge is 0.322 e. The largest absolute Gasteiger partial charge is 0.463 e. The molecule has 20 heavy (non-hydrogen) atoms. The van der Waals surface area contributed by atoms with Crippen molar-refractivity contribution in [2.75, 3.05) is 31.7 Å². The Bertz CT molecular complexity index is 446. The van der Waals surface area contributed by atoms with Crippen molar-refractivity contribution in [2.45, 2.75) is 32.8 Å². The standard InChI is InChI=1S/C13H21ClN4O2/c1-4-7-20-13-16-11(14)15-12(17-13)18-6-5-9(2)10(8-18)19-3/h9-10H,4-8H2,1-3H3. The van der Waals surface area contributed by atoms with Crippen LogP contribution in [0.25, 0.3) is 0 Å². The molecular weight excluding hydrogens is 280 g/mol. The number of rotatable bonds is 5. The summed E-state index contributed by atoms with van der Waals surface area (Å²) < 4.78 is 10.9. The zero-order valence-corrected chi connectivity index (χ0v) is 12.9. The molecule has 1 aromatic heterocycles. The van der Waals surface area contributed by atoms with Crippen molar-refractivity contribution in [2.24, 2.45) is 5.92 Å². The Morgan fingerprint density at radius 1 is 1.35 bits per heavy atom. The fraction of sp³-hybridized carbons (Fsp3) is 0.769. The van der Waals surface area contributed by atoms with E-state index < -0.39 is 0 Å². The van der Waals surface area contributed by atoms with E-state index in [1.165, 1.54) is 0 Å². The molecular formula is C13H21ClN4O2. The van der Waals surface area contributed by atoms with E-state index in [4.69, 9.17) is 21.1 Å². The van der Waals surface area contributed by atoms with Crippen LogP contribution in [0.1, 0.15) is 26.7 Å². The van der Waals surface area contributed by atoms with Crippen molar-refractivity contribution in [3.8, 4) is 6.01 Å². The van der Waals surface area contributed by atoms with Crippen LogP contribution in [0.3, 0.4) is 0 Å². The van der Waals surface area contributed by atoms with Gasteiger partial charge in [0.25, 0.3) is 0 Å². The molecule has 2 atom stereocenters. The van der Waals surface area contributed by atoms with Gasteiger partial charge < -0.3 is 14.4 Å². The van der Waals surface area contributed by atoms with Gasteiger partial charge >= 0.3 is 6.01 Å². The lowest BCUT2D eigenvalue weighted by atomic mass is 9.96. The molecule has 1 aliphatic heterocycles. The third kappa shape index (κ3) is 3.70. The molecule has 0 radical (unpaired) electrons. The highest BCUT2D eigenvalue weighted by atomic mass is 35.5. The van der Waals surface area contributed by atoms with E-state index >= 15 is 0 Å². The number of hydrogen-bond donors (Lipinski definition) is 0. The van der Waals surface area contributed by atoms with Gasteiger partial charge in [0, 0.05) is 20.2 Å². The van der Waals surface area contributed by atoms with Crippen LogP contribution in [-0.4, -0.2) is 47.9 Å². The average molecular weight is 301 g/mol. The molecule has 0 aromatic carbocycles. The molecule has 1 saturated heterocycles. The molecule has 2 unspecified atom stereocenters. The summed E-state index contributed by atoms with van der Waals surface area (Å²) in [4.78, 5) is 14.6. The predicted molar refractivity (Wildman–Crippen MR) is 77.4 cm³/mol. The Morgan fingerprint density at radius 2 is 2.15 bits per heavy atom. The van der Waals surface area contributed by atoms with Crippen molar-refractivity contribution < 1.29 is 9.47 Å². The molecule has 0 amide bonds. The fourth-order valence-electron chi connectivity index (χ4n) is 2.24. The summed E-state index contributed by atoms with van der Waals surface area (Å²) >= 11 is 5.95. The summed E-state index contributed by atoms with van der Waals surface area (Å²) in [6.07, 6.45) is 2.11. The first kappa shape index (κ1) is 15.3. The summed E-state index contributed by atoms with van der Waals surface area (Å²) in [5.41, 5.74) is 0. The van der Waals surface area contributed by atoms with E-state index in [1.54, 1.807) is 7.11 Å². The number of methoxy groups -OCH3 is 1. The zero-order valence-electron chi connectivity index (χ0n) is 12.2. The predicted octanol–water partition coefficient (Wildman–Crippen LogP) is 2.17. The number of halogens is 1. The van der Waals surface area contributed by atoms with E-state index in [9.17, 15) is 0 Å². The van der Waals surface area contributed by atoms with Crippen molar-refractivity contribution in [3.63, 3.8) is 0 Å². The number of ether oxygens (including phenoxy) is 2. The molecule has 1 fully saturated rings. The Kier molecular flexibility index (Phi) is 5.37. The molecule has 0 N–H and O–H groups in total. The number of anilines is 1. The van der Waals surface area contributed by atoms with Gasteiger partial charge in [0.2, 0.25) is 11.2 Å². The summed E-state index contributed by atoms with van der Waals surface area (Å²) in [6, 6.07) is 0.287. The topological polar surface area (TPSA) is 60.4 Å². The van der Waals surface area contributed by atoms with Gasteiger partial charge in [0.05, 0.1) is 12.7 Å². The lowest BCUT2D eigenvalue weighted by Crippen LogP contribution is -2.44. The molecule has 0 aliphatic carbocycles. The van der Waals surface area contributed by atoms with Crippen molar-refractivity contribution in [1.82, 2.24) is 15.0 Å². The van der Waals surface area contributed by atoms with E-state index in [0.29, 0.717) is 18.5 Å². The van der Waals surface area contributed by atoms with Gasteiger partial charge in [0.1, 0.15) is 0 Å². The molecule has 7 heteroatoms. The Morgan fingerprint density at radius 3 is 2.85 bits per heavy atom. The summed E-state index contributed by atoms with van der Waals surface area (Å²) in [6.45, 7) is 6.43. The van der Waals surface area contributed by atoms with Gasteiger partial charge in [-0.2, -0.15) is 15.0 Å². The molecule has 0 bridgehead atoms. The molecule has 2 rings (SSSR count). The second-order valence-electron chi connectivity index (χ2n) is 5.02. The number of aromatic nitrogens is 3. The van der Waals surface area contributed by atoms with Crippen LogP contribution in [0, 0.1) is 5.92 Å². The summed E-state index contributed by atoms with van der Waals surface area (Å²) in [5, 5.41) is 0.161. The van der Waals surface area contributed by atoms with Crippen LogP contribution < -0.4 is 9.64 Å². The van der Waals surface area contributed by atoms with Crippen LogP contribution in [0.5, 0.6) is 6.01 Å². The third-order valence-electron chi connectivity index (χ3n) is 3.49. The first-order valence-corrected chi connectivity index (χ1v) is 7.34. The Labute approximate surface area is 124 Å². The lowest BCUT2D eigenvalue weighted by Gasteiger charge is -2.36. The molecule has 0 spiro atoms. The van der Waals surface area contributed by atoms with Gasteiger partial charge in [-0.1, -0.05) is 13.8 Å². The molecule has 112 valence electrons. The van der Waals surface area contributed by atoms with Crippen LogP contribution in [0.15, 0.2) is 0 Å². The maximum Gasteiger partial charge on any atom is 0.322 e. The van der Waals surface area contributed by atoms with Crippen molar-refractivity contribution in [1.29, 1.82) is 0 Å². The Balaban J connectivity index is 2.13. The first-order chi connectivity index (χ1) is 9.63. The monoisotopic (exact) mass is 300 g/mol. The zero-order chi connectivity index (χ0) is 14.5. The molecule has 6 nitrogen and oxygen atoms in total. The number of hydrogen-bond acceptors (Lipinski definition) is 6. The highest BCUT2D eigenvalue weighted by molar-refractivity contribution is 6.28. The molecule has 1 aliphatic rings. The number of nitrogens with zero attached hydrogens (tertiary/aromatic N) is 4. The highest BCUT2D eigenvalue weighted by Crippen LogP contribution is 2.24. The van der Waals surface area contributed by atoms with E-state index in [0.717, 1.165) is 25.9 Å². The minimum atomic E-state index is 0.161. The van der Waals surface area contributed by atoms with Gasteiger partial charge in [0.15, 0.2) is 0 Å². The second-order valence-corrected chi connectivity index (χ2v) is 5.36. The maximum absolute atomic E-state index is 5.95. The SMILES string of the molecule is CCCOc1nc(Cl)nc(N2CCC(C)C(OC)C2)n1. The average Bonchev–Trinajstić information content (AvgIpc) is 2.45. The van der Waals surface area contributed by atoms with Crippen molar-refractivity contribution >= 4 is 17.5 Å². The quantitative estimate of drug-likeness (QED) is 0.830. The summed E-state index contributed by atoms with van der Waals surface area (Å²) in [5.74, 6) is 1.09. The minimum absolute atomic E-state index is 0.161. The summed E-state index contributed by atoms with van der Waals surface area (Å²) in [7, 11) is 1.74. The van der Waals surface area contributed by atoms with Crippen LogP contribution >= 0.6 is 11.6 Å². The van der Waals surface area contributed by atoms with Gasteiger partial charge in [-0.05, 0) is 30.4 Å². The maximum atomic E-state index is 5.95. The minimum Gasteiger partial charge on any atom is -0.463 e. The molecule has 1 aromatic rings.